The van der Waals surface area contributed by atoms with Crippen LogP contribution in [0.15, 0.2) is 16.6 Å². The molecule has 0 saturated heterocycles. The highest BCUT2D eigenvalue weighted by Crippen LogP contribution is 2.37. The van der Waals surface area contributed by atoms with E-state index in [1.54, 1.807) is 19.1 Å². The van der Waals surface area contributed by atoms with Gasteiger partial charge in [0.25, 0.3) is 0 Å². The first kappa shape index (κ1) is 15.6. The average Bonchev–Trinajstić information content (AvgIpc) is 2.34. The summed E-state index contributed by atoms with van der Waals surface area (Å²) in [5, 5.41) is 0.877. The molecule has 0 atom stereocenters. The fourth-order valence-corrected chi connectivity index (χ4v) is 2.14. The highest BCUT2D eigenvalue weighted by molar-refractivity contribution is 9.10. The third kappa shape index (κ3) is 4.67. The van der Waals surface area contributed by atoms with Gasteiger partial charge in [-0.15, -0.1) is 0 Å². The monoisotopic (exact) mass is 354 g/mol. The summed E-state index contributed by atoms with van der Waals surface area (Å²) in [6, 6.07) is 3.39. The Morgan fingerprint density at radius 1 is 1.39 bits per heavy atom. The molecule has 18 heavy (non-hydrogen) atoms. The number of ether oxygens (including phenoxy) is 2. The quantitative estimate of drug-likeness (QED) is 0.428. The molecule has 0 aliphatic carbocycles. The van der Waals surface area contributed by atoms with E-state index in [2.05, 4.69) is 15.9 Å². The van der Waals surface area contributed by atoms with Crippen molar-refractivity contribution in [3.63, 3.8) is 0 Å². The molecule has 0 N–H and O–H groups in total. The maximum atomic E-state index is 11.1. The zero-order valence-electron chi connectivity index (χ0n) is 9.84. The van der Waals surface area contributed by atoms with E-state index in [-0.39, 0.29) is 5.97 Å². The van der Waals surface area contributed by atoms with Crippen LogP contribution in [0.5, 0.6) is 5.75 Å². The summed E-state index contributed by atoms with van der Waals surface area (Å²) in [6.45, 7) is 2.59. The molecule has 0 aromatic heterocycles. The molecule has 0 aliphatic heterocycles. The topological polar surface area (TPSA) is 35.5 Å². The highest BCUT2D eigenvalue weighted by atomic mass is 79.9. The molecule has 0 aliphatic rings. The summed E-state index contributed by atoms with van der Waals surface area (Å²) < 4.78 is 10.9. The van der Waals surface area contributed by atoms with Crippen LogP contribution < -0.4 is 4.74 Å². The lowest BCUT2D eigenvalue weighted by Crippen LogP contribution is -2.06. The van der Waals surface area contributed by atoms with E-state index < -0.39 is 0 Å². The molecule has 0 bridgehead atoms. The molecular formula is C12H13BrCl2O3. The van der Waals surface area contributed by atoms with E-state index in [0.717, 1.165) is 0 Å². The lowest BCUT2D eigenvalue weighted by molar-refractivity contribution is -0.143. The lowest BCUT2D eigenvalue weighted by Gasteiger charge is -2.09. The predicted molar refractivity (Wildman–Crippen MR) is 75.5 cm³/mol. The van der Waals surface area contributed by atoms with Crippen molar-refractivity contribution in [2.45, 2.75) is 19.8 Å². The Morgan fingerprint density at radius 2 is 2.11 bits per heavy atom. The van der Waals surface area contributed by atoms with Crippen molar-refractivity contribution in [1.29, 1.82) is 0 Å². The van der Waals surface area contributed by atoms with Gasteiger partial charge in [0.15, 0.2) is 0 Å². The molecule has 100 valence electrons. The second kappa shape index (κ2) is 7.87. The lowest BCUT2D eigenvalue weighted by atomic mass is 10.3. The van der Waals surface area contributed by atoms with Crippen LogP contribution in [0.25, 0.3) is 0 Å². The fourth-order valence-electron chi connectivity index (χ4n) is 1.25. The van der Waals surface area contributed by atoms with Gasteiger partial charge in [-0.2, -0.15) is 0 Å². The summed E-state index contributed by atoms with van der Waals surface area (Å²) in [5.74, 6) is 0.391. The third-order valence-electron chi connectivity index (χ3n) is 2.09. The fraction of sp³-hybridized carbons (Fsp3) is 0.417. The molecule has 0 spiro atoms. The van der Waals surface area contributed by atoms with Crippen molar-refractivity contribution < 1.29 is 14.3 Å². The summed E-state index contributed by atoms with van der Waals surface area (Å²) in [5.41, 5.74) is 0. The normalized spacial score (nSPS) is 10.2. The van der Waals surface area contributed by atoms with Crippen LogP contribution in [0, 0.1) is 0 Å². The Kier molecular flexibility index (Phi) is 6.82. The van der Waals surface area contributed by atoms with Gasteiger partial charge in [-0.1, -0.05) is 23.2 Å². The summed E-state index contributed by atoms with van der Waals surface area (Å²) >= 11 is 15.1. The van der Waals surface area contributed by atoms with Crippen LogP contribution in [0.3, 0.4) is 0 Å². The molecule has 3 nitrogen and oxygen atoms in total. The van der Waals surface area contributed by atoms with Crippen molar-refractivity contribution in [2.24, 2.45) is 0 Å². The molecule has 0 amide bonds. The minimum atomic E-state index is -0.214. The van der Waals surface area contributed by atoms with Gasteiger partial charge in [0.1, 0.15) is 5.75 Å². The molecule has 1 rings (SSSR count). The first-order chi connectivity index (χ1) is 8.56. The van der Waals surface area contributed by atoms with Crippen LogP contribution in [0.4, 0.5) is 0 Å². The predicted octanol–water partition coefficient (Wildman–Crippen LogP) is 4.48. The second-order valence-corrected chi connectivity index (χ2v) is 5.01. The van der Waals surface area contributed by atoms with Gasteiger partial charge in [-0.05, 0) is 41.4 Å². The molecule has 0 fully saturated rings. The van der Waals surface area contributed by atoms with Crippen molar-refractivity contribution in [1.82, 2.24) is 0 Å². The van der Waals surface area contributed by atoms with E-state index in [0.29, 0.717) is 46.3 Å². The van der Waals surface area contributed by atoms with Crippen molar-refractivity contribution in [2.75, 3.05) is 13.2 Å². The molecule has 6 heteroatoms. The van der Waals surface area contributed by atoms with E-state index in [9.17, 15) is 4.79 Å². The maximum Gasteiger partial charge on any atom is 0.305 e. The van der Waals surface area contributed by atoms with Crippen LogP contribution in [-0.2, 0) is 9.53 Å². The van der Waals surface area contributed by atoms with Crippen LogP contribution >= 0.6 is 39.1 Å². The minimum Gasteiger partial charge on any atom is -0.492 e. The number of hydrogen-bond acceptors (Lipinski definition) is 3. The number of carbonyl (C=O) groups excluding carboxylic acids is 1. The molecule has 0 radical (unpaired) electrons. The Bertz CT molecular complexity index is 424. The van der Waals surface area contributed by atoms with E-state index >= 15 is 0 Å². The zero-order chi connectivity index (χ0) is 13.5. The van der Waals surface area contributed by atoms with Gasteiger partial charge >= 0.3 is 5.97 Å². The third-order valence-corrected chi connectivity index (χ3v) is 3.91. The SMILES string of the molecule is CCOC(=O)CCCOc1ccc(Cl)c(Cl)c1Br. The van der Waals surface area contributed by atoms with Gasteiger partial charge in [-0.3, -0.25) is 4.79 Å². The van der Waals surface area contributed by atoms with Crippen LogP contribution in [0.2, 0.25) is 10.0 Å². The van der Waals surface area contributed by atoms with Gasteiger partial charge < -0.3 is 9.47 Å². The summed E-state index contributed by atoms with van der Waals surface area (Å²) in [6.07, 6.45) is 0.929. The molecule has 0 saturated carbocycles. The van der Waals surface area contributed by atoms with Crippen molar-refractivity contribution in [3.05, 3.63) is 26.7 Å². The van der Waals surface area contributed by atoms with Crippen molar-refractivity contribution in [3.8, 4) is 5.75 Å². The number of halogens is 3. The van der Waals surface area contributed by atoms with Crippen LogP contribution in [-0.4, -0.2) is 19.2 Å². The maximum absolute atomic E-state index is 11.1. The Hall–Kier alpha value is -0.450. The van der Waals surface area contributed by atoms with Crippen molar-refractivity contribution >= 4 is 45.1 Å². The molecule has 0 unspecified atom stereocenters. The first-order valence-corrected chi connectivity index (χ1v) is 7.03. The summed E-state index contributed by atoms with van der Waals surface area (Å²) in [4.78, 5) is 11.1. The van der Waals surface area contributed by atoms with E-state index in [4.69, 9.17) is 32.7 Å². The van der Waals surface area contributed by atoms with Crippen LogP contribution in [0.1, 0.15) is 19.8 Å². The number of rotatable bonds is 6. The number of carbonyl (C=O) groups is 1. The van der Waals surface area contributed by atoms with Gasteiger partial charge in [0.2, 0.25) is 0 Å². The second-order valence-electron chi connectivity index (χ2n) is 3.43. The Labute approximate surface area is 124 Å². The molecular weight excluding hydrogens is 343 g/mol. The zero-order valence-corrected chi connectivity index (χ0v) is 12.9. The molecule has 0 heterocycles. The highest BCUT2D eigenvalue weighted by Gasteiger charge is 2.09. The average molecular weight is 356 g/mol. The Balaban J connectivity index is 2.40. The first-order valence-electron chi connectivity index (χ1n) is 5.48. The van der Waals surface area contributed by atoms with Gasteiger partial charge in [0, 0.05) is 6.42 Å². The molecule has 1 aromatic rings. The van der Waals surface area contributed by atoms with Gasteiger partial charge in [0.05, 0.1) is 27.7 Å². The van der Waals surface area contributed by atoms with E-state index in [1.165, 1.54) is 0 Å². The summed E-state index contributed by atoms with van der Waals surface area (Å²) in [7, 11) is 0. The number of benzene rings is 1. The van der Waals surface area contributed by atoms with E-state index in [1.807, 2.05) is 0 Å². The van der Waals surface area contributed by atoms with Gasteiger partial charge in [-0.25, -0.2) is 0 Å². The standard InChI is InChI=1S/C12H13BrCl2O3/c1-2-17-10(16)4-3-7-18-9-6-5-8(14)12(15)11(9)13/h5-6H,2-4,7H2,1H3. The Morgan fingerprint density at radius 3 is 2.78 bits per heavy atom. The minimum absolute atomic E-state index is 0.214. The molecule has 1 aromatic carbocycles. The number of hydrogen-bond donors (Lipinski definition) is 0. The number of esters is 1. The largest absolute Gasteiger partial charge is 0.492 e. The smallest absolute Gasteiger partial charge is 0.305 e.